The Kier molecular flexibility index (Phi) is 5.89. The molecule has 0 saturated carbocycles. The maximum absolute atomic E-state index is 12.8. The minimum absolute atomic E-state index is 0.0153. The SMILES string of the molecule is CN(C)c1nc(CNC(=O)CCCc2ccc(F)cc2)cs1. The van der Waals surface area contributed by atoms with Gasteiger partial charge in [-0.05, 0) is 30.5 Å². The van der Waals surface area contributed by atoms with Gasteiger partial charge >= 0.3 is 0 Å². The van der Waals surface area contributed by atoms with Crippen LogP contribution in [0.15, 0.2) is 29.6 Å². The first-order valence-corrected chi connectivity index (χ1v) is 8.05. The van der Waals surface area contributed by atoms with Crippen molar-refractivity contribution in [2.45, 2.75) is 25.8 Å². The van der Waals surface area contributed by atoms with Crippen LogP contribution >= 0.6 is 11.3 Å². The number of anilines is 1. The lowest BCUT2D eigenvalue weighted by Gasteiger charge is -2.06. The molecule has 1 N–H and O–H groups in total. The summed E-state index contributed by atoms with van der Waals surface area (Å²) in [5, 5.41) is 5.76. The maximum Gasteiger partial charge on any atom is 0.220 e. The maximum atomic E-state index is 12.8. The number of rotatable bonds is 7. The zero-order valence-electron chi connectivity index (χ0n) is 12.8. The van der Waals surface area contributed by atoms with E-state index in [0.717, 1.165) is 29.2 Å². The number of benzene rings is 1. The van der Waals surface area contributed by atoms with Crippen molar-refractivity contribution in [3.63, 3.8) is 0 Å². The lowest BCUT2D eigenvalue weighted by molar-refractivity contribution is -0.121. The number of nitrogens with one attached hydrogen (secondary N) is 1. The van der Waals surface area contributed by atoms with Crippen LogP contribution in [0.2, 0.25) is 0 Å². The predicted molar refractivity (Wildman–Crippen MR) is 87.6 cm³/mol. The monoisotopic (exact) mass is 321 g/mol. The first kappa shape index (κ1) is 16.4. The van der Waals surface area contributed by atoms with Gasteiger partial charge in [-0.3, -0.25) is 4.79 Å². The van der Waals surface area contributed by atoms with Gasteiger partial charge in [0.1, 0.15) is 5.82 Å². The van der Waals surface area contributed by atoms with E-state index in [1.165, 1.54) is 12.1 Å². The Morgan fingerprint density at radius 1 is 1.32 bits per heavy atom. The van der Waals surface area contributed by atoms with Gasteiger partial charge in [-0.2, -0.15) is 0 Å². The van der Waals surface area contributed by atoms with Crippen molar-refractivity contribution in [1.82, 2.24) is 10.3 Å². The first-order chi connectivity index (χ1) is 10.5. The lowest BCUT2D eigenvalue weighted by atomic mass is 10.1. The molecular weight excluding hydrogens is 301 g/mol. The minimum atomic E-state index is -0.234. The Labute approximate surface area is 134 Å². The van der Waals surface area contributed by atoms with E-state index in [0.29, 0.717) is 13.0 Å². The molecule has 0 spiro atoms. The standard InChI is InChI=1S/C16H20FN3OS/c1-20(2)16-19-14(11-22-16)10-18-15(21)5-3-4-12-6-8-13(17)9-7-12/h6-9,11H,3-5,10H2,1-2H3,(H,18,21). The Morgan fingerprint density at radius 2 is 2.05 bits per heavy atom. The summed E-state index contributed by atoms with van der Waals surface area (Å²) < 4.78 is 12.8. The zero-order valence-corrected chi connectivity index (χ0v) is 13.6. The van der Waals surface area contributed by atoms with Gasteiger partial charge in [-0.1, -0.05) is 12.1 Å². The number of amides is 1. The van der Waals surface area contributed by atoms with Crippen LogP contribution in [-0.4, -0.2) is 25.0 Å². The highest BCUT2D eigenvalue weighted by atomic mass is 32.1. The molecule has 0 saturated heterocycles. The van der Waals surface area contributed by atoms with E-state index in [4.69, 9.17) is 0 Å². The molecule has 6 heteroatoms. The number of aromatic nitrogens is 1. The van der Waals surface area contributed by atoms with Crippen LogP contribution in [0.3, 0.4) is 0 Å². The molecule has 2 aromatic rings. The van der Waals surface area contributed by atoms with Crippen LogP contribution in [0.4, 0.5) is 9.52 Å². The summed E-state index contributed by atoms with van der Waals surface area (Å²) in [4.78, 5) is 18.2. The van der Waals surface area contributed by atoms with E-state index in [2.05, 4.69) is 10.3 Å². The van der Waals surface area contributed by atoms with Crippen molar-refractivity contribution in [1.29, 1.82) is 0 Å². The van der Waals surface area contributed by atoms with Gasteiger partial charge in [-0.25, -0.2) is 9.37 Å². The van der Waals surface area contributed by atoms with Gasteiger partial charge in [0.2, 0.25) is 5.91 Å². The van der Waals surface area contributed by atoms with E-state index in [-0.39, 0.29) is 11.7 Å². The van der Waals surface area contributed by atoms with Gasteiger partial charge in [-0.15, -0.1) is 11.3 Å². The minimum Gasteiger partial charge on any atom is -0.354 e. The highest BCUT2D eigenvalue weighted by Crippen LogP contribution is 2.17. The molecule has 0 fully saturated rings. The highest BCUT2D eigenvalue weighted by Gasteiger charge is 2.06. The Hall–Kier alpha value is -1.95. The molecule has 1 heterocycles. The van der Waals surface area contributed by atoms with Gasteiger partial charge in [0.05, 0.1) is 12.2 Å². The van der Waals surface area contributed by atoms with E-state index >= 15 is 0 Å². The number of hydrogen-bond acceptors (Lipinski definition) is 4. The second-order valence-electron chi connectivity index (χ2n) is 5.27. The third-order valence-corrected chi connectivity index (χ3v) is 4.23. The van der Waals surface area contributed by atoms with Crippen LogP contribution in [0.25, 0.3) is 0 Å². The number of halogens is 1. The van der Waals surface area contributed by atoms with Gasteiger partial charge < -0.3 is 10.2 Å². The lowest BCUT2D eigenvalue weighted by Crippen LogP contribution is -2.22. The topological polar surface area (TPSA) is 45.2 Å². The average molecular weight is 321 g/mol. The summed E-state index contributed by atoms with van der Waals surface area (Å²) in [7, 11) is 3.88. The summed E-state index contributed by atoms with van der Waals surface area (Å²) >= 11 is 1.56. The molecule has 0 atom stereocenters. The van der Waals surface area contributed by atoms with Crippen LogP contribution < -0.4 is 10.2 Å². The van der Waals surface area contributed by atoms with Crippen LogP contribution in [0.1, 0.15) is 24.1 Å². The smallest absolute Gasteiger partial charge is 0.220 e. The third-order valence-electron chi connectivity index (χ3n) is 3.17. The molecule has 4 nitrogen and oxygen atoms in total. The molecule has 2 rings (SSSR count). The Morgan fingerprint density at radius 3 is 2.68 bits per heavy atom. The molecule has 1 aromatic heterocycles. The van der Waals surface area contributed by atoms with Crippen LogP contribution in [0, 0.1) is 5.82 Å². The number of nitrogens with zero attached hydrogens (tertiary/aromatic N) is 2. The van der Waals surface area contributed by atoms with Crippen molar-refractivity contribution in [3.05, 3.63) is 46.7 Å². The molecule has 1 aromatic carbocycles. The van der Waals surface area contributed by atoms with Crippen LogP contribution in [0.5, 0.6) is 0 Å². The molecule has 1 amide bonds. The van der Waals surface area contributed by atoms with E-state index in [9.17, 15) is 9.18 Å². The quantitative estimate of drug-likeness (QED) is 0.853. The summed E-state index contributed by atoms with van der Waals surface area (Å²) in [6, 6.07) is 6.40. The summed E-state index contributed by atoms with van der Waals surface area (Å²) in [5.41, 5.74) is 1.92. The van der Waals surface area contributed by atoms with Crippen molar-refractivity contribution in [2.24, 2.45) is 0 Å². The molecular formula is C16H20FN3OS. The fraction of sp³-hybridized carbons (Fsp3) is 0.375. The largest absolute Gasteiger partial charge is 0.354 e. The fourth-order valence-electron chi connectivity index (χ4n) is 1.96. The number of aryl methyl sites for hydroxylation is 1. The summed E-state index contributed by atoms with van der Waals surface area (Å²) in [5.74, 6) is -0.219. The summed E-state index contributed by atoms with van der Waals surface area (Å²) in [6.07, 6.45) is 1.98. The molecule has 22 heavy (non-hydrogen) atoms. The van der Waals surface area contributed by atoms with Gasteiger partial charge in [0, 0.05) is 25.9 Å². The van der Waals surface area contributed by atoms with E-state index in [1.54, 1.807) is 23.5 Å². The fourth-order valence-corrected chi connectivity index (χ4v) is 2.72. The van der Waals surface area contributed by atoms with Gasteiger partial charge in [0.25, 0.3) is 0 Å². The first-order valence-electron chi connectivity index (χ1n) is 7.17. The van der Waals surface area contributed by atoms with Gasteiger partial charge in [0.15, 0.2) is 5.13 Å². The average Bonchev–Trinajstić information content (AvgIpc) is 2.96. The number of hydrogen-bond donors (Lipinski definition) is 1. The Balaban J connectivity index is 1.68. The third kappa shape index (κ3) is 5.11. The number of carbonyl (C=O) groups is 1. The second kappa shape index (κ2) is 7.89. The highest BCUT2D eigenvalue weighted by molar-refractivity contribution is 7.13. The number of thiazole rings is 1. The second-order valence-corrected chi connectivity index (χ2v) is 6.11. The molecule has 0 radical (unpaired) electrons. The summed E-state index contributed by atoms with van der Waals surface area (Å²) in [6.45, 7) is 0.458. The van der Waals surface area contributed by atoms with Crippen molar-refractivity contribution >= 4 is 22.4 Å². The van der Waals surface area contributed by atoms with E-state index < -0.39 is 0 Å². The predicted octanol–water partition coefficient (Wildman–Crippen LogP) is 2.99. The molecule has 118 valence electrons. The van der Waals surface area contributed by atoms with Crippen LogP contribution in [-0.2, 0) is 17.8 Å². The van der Waals surface area contributed by atoms with E-state index in [1.807, 2.05) is 24.4 Å². The molecule has 0 unspecified atom stereocenters. The molecule has 0 aliphatic heterocycles. The zero-order chi connectivity index (χ0) is 15.9. The Bertz CT molecular complexity index is 610. The molecule has 0 bridgehead atoms. The van der Waals surface area contributed by atoms with Crippen molar-refractivity contribution in [2.75, 3.05) is 19.0 Å². The molecule has 0 aliphatic rings. The van der Waals surface area contributed by atoms with Crippen molar-refractivity contribution < 1.29 is 9.18 Å². The molecule has 0 aliphatic carbocycles. The number of carbonyl (C=O) groups excluding carboxylic acids is 1. The van der Waals surface area contributed by atoms with Crippen molar-refractivity contribution in [3.8, 4) is 0 Å². The normalized spacial score (nSPS) is 10.5.